The highest BCUT2D eigenvalue weighted by Crippen LogP contribution is 2.17. The predicted octanol–water partition coefficient (Wildman–Crippen LogP) is 3.05. The van der Waals surface area contributed by atoms with Crippen LogP contribution in [0.4, 0.5) is 4.39 Å². The van der Waals surface area contributed by atoms with Crippen molar-refractivity contribution in [2.24, 2.45) is 0 Å². The summed E-state index contributed by atoms with van der Waals surface area (Å²) >= 11 is 0. The molecule has 1 aliphatic rings. The van der Waals surface area contributed by atoms with E-state index in [2.05, 4.69) is 12.2 Å². The van der Waals surface area contributed by atoms with Crippen molar-refractivity contribution < 1.29 is 9.13 Å². The molecule has 1 N–H and O–H groups in total. The zero-order valence-corrected chi connectivity index (χ0v) is 10.3. The topological polar surface area (TPSA) is 21.3 Å². The van der Waals surface area contributed by atoms with E-state index in [0.29, 0.717) is 6.04 Å². The van der Waals surface area contributed by atoms with E-state index in [9.17, 15) is 4.39 Å². The van der Waals surface area contributed by atoms with Crippen LogP contribution in [0, 0.1) is 5.82 Å². The van der Waals surface area contributed by atoms with Gasteiger partial charge in [-0.2, -0.15) is 0 Å². The van der Waals surface area contributed by atoms with Crippen LogP contribution in [0.2, 0.25) is 0 Å². The minimum Gasteiger partial charge on any atom is -0.381 e. The fourth-order valence-corrected chi connectivity index (χ4v) is 2.27. The fraction of sp³-hybridized carbons (Fsp3) is 0.571. The number of nitrogens with one attached hydrogen (secondary N) is 1. The van der Waals surface area contributed by atoms with Crippen molar-refractivity contribution in [1.29, 1.82) is 0 Å². The maximum absolute atomic E-state index is 12.8. The van der Waals surface area contributed by atoms with Crippen LogP contribution < -0.4 is 5.32 Å². The van der Waals surface area contributed by atoms with E-state index >= 15 is 0 Å². The summed E-state index contributed by atoms with van der Waals surface area (Å²) < 4.78 is 18.3. The number of ether oxygens (including phenoxy) is 1. The van der Waals surface area contributed by atoms with Gasteiger partial charge in [0.1, 0.15) is 5.82 Å². The lowest BCUT2D eigenvalue weighted by Gasteiger charge is -2.22. The van der Waals surface area contributed by atoms with E-state index in [1.54, 1.807) is 0 Å². The van der Waals surface area contributed by atoms with Crippen molar-refractivity contribution in [1.82, 2.24) is 5.32 Å². The summed E-state index contributed by atoms with van der Waals surface area (Å²) in [5.74, 6) is -0.177. The molecule has 17 heavy (non-hydrogen) atoms. The molecule has 1 fully saturated rings. The third-order valence-electron chi connectivity index (χ3n) is 3.31. The first-order valence-corrected chi connectivity index (χ1v) is 6.35. The zero-order valence-electron chi connectivity index (χ0n) is 10.3. The molecule has 0 spiro atoms. The Bertz CT molecular complexity index is 331. The largest absolute Gasteiger partial charge is 0.381 e. The van der Waals surface area contributed by atoms with Gasteiger partial charge in [0.25, 0.3) is 0 Å². The van der Waals surface area contributed by atoms with Crippen LogP contribution in [-0.2, 0) is 4.74 Å². The molecule has 1 unspecified atom stereocenters. The van der Waals surface area contributed by atoms with Gasteiger partial charge >= 0.3 is 0 Å². The third-order valence-corrected chi connectivity index (χ3v) is 3.31. The van der Waals surface area contributed by atoms with E-state index in [1.165, 1.54) is 12.1 Å². The lowest BCUT2D eigenvalue weighted by molar-refractivity contribution is 0.142. The van der Waals surface area contributed by atoms with Crippen LogP contribution in [-0.4, -0.2) is 19.3 Å². The van der Waals surface area contributed by atoms with Gasteiger partial charge in [0, 0.05) is 25.3 Å². The van der Waals surface area contributed by atoms with Gasteiger partial charge in [0.15, 0.2) is 0 Å². The Balaban J connectivity index is 1.91. The Labute approximate surface area is 102 Å². The summed E-state index contributed by atoms with van der Waals surface area (Å²) in [5.41, 5.74) is 1.14. The van der Waals surface area contributed by atoms with Crippen molar-refractivity contribution in [3.8, 4) is 0 Å². The molecule has 1 heterocycles. The van der Waals surface area contributed by atoms with E-state index in [-0.39, 0.29) is 11.9 Å². The van der Waals surface area contributed by atoms with Crippen LogP contribution in [0.15, 0.2) is 24.3 Å². The smallest absolute Gasteiger partial charge is 0.123 e. The first-order valence-electron chi connectivity index (χ1n) is 6.35. The van der Waals surface area contributed by atoms with E-state index in [4.69, 9.17) is 4.74 Å². The average molecular weight is 237 g/mol. The van der Waals surface area contributed by atoms with Gasteiger partial charge in [-0.25, -0.2) is 4.39 Å². The maximum atomic E-state index is 12.8. The Hall–Kier alpha value is -0.930. The molecule has 0 aliphatic carbocycles. The normalized spacial score (nSPS) is 23.1. The summed E-state index contributed by atoms with van der Waals surface area (Å²) in [6, 6.07) is 7.50. The van der Waals surface area contributed by atoms with Crippen LogP contribution in [0.1, 0.15) is 37.8 Å². The lowest BCUT2D eigenvalue weighted by Crippen LogP contribution is -2.31. The number of benzene rings is 1. The number of rotatable bonds is 3. The molecule has 1 aliphatic heterocycles. The average Bonchev–Trinajstić information content (AvgIpc) is 2.58. The van der Waals surface area contributed by atoms with Gasteiger partial charge in [-0.3, -0.25) is 0 Å². The summed E-state index contributed by atoms with van der Waals surface area (Å²) in [6.45, 7) is 3.84. The summed E-state index contributed by atoms with van der Waals surface area (Å²) in [5, 5.41) is 3.59. The third kappa shape index (κ3) is 3.79. The molecule has 0 bridgehead atoms. The van der Waals surface area contributed by atoms with Gasteiger partial charge in [0.05, 0.1) is 0 Å². The second kappa shape index (κ2) is 6.12. The van der Waals surface area contributed by atoms with Crippen molar-refractivity contribution >= 4 is 0 Å². The molecule has 1 saturated heterocycles. The highest BCUT2D eigenvalue weighted by atomic mass is 19.1. The molecule has 2 rings (SSSR count). The molecule has 0 aromatic heterocycles. The highest BCUT2D eigenvalue weighted by Gasteiger charge is 2.15. The minimum atomic E-state index is -0.177. The van der Waals surface area contributed by atoms with Gasteiger partial charge < -0.3 is 10.1 Å². The summed E-state index contributed by atoms with van der Waals surface area (Å²) in [6.07, 6.45) is 3.34. The van der Waals surface area contributed by atoms with E-state index in [1.807, 2.05) is 12.1 Å². The maximum Gasteiger partial charge on any atom is 0.123 e. The fourth-order valence-electron chi connectivity index (χ4n) is 2.27. The van der Waals surface area contributed by atoms with E-state index < -0.39 is 0 Å². The second-order valence-electron chi connectivity index (χ2n) is 4.68. The van der Waals surface area contributed by atoms with Gasteiger partial charge in [-0.05, 0) is 43.9 Å². The summed E-state index contributed by atoms with van der Waals surface area (Å²) in [7, 11) is 0. The van der Waals surface area contributed by atoms with Gasteiger partial charge in [-0.15, -0.1) is 0 Å². The standard InChI is InChI=1S/C14H20FNO/c1-11(12-4-6-13(15)7-5-12)16-14-3-2-9-17-10-8-14/h4-7,11,14,16H,2-3,8-10H2,1H3/t11-,14?/m0/s1. The monoisotopic (exact) mass is 237 g/mol. The first-order chi connectivity index (χ1) is 8.25. The van der Waals surface area contributed by atoms with E-state index in [0.717, 1.165) is 38.0 Å². The second-order valence-corrected chi connectivity index (χ2v) is 4.68. The molecule has 3 heteroatoms. The van der Waals surface area contributed by atoms with Crippen molar-refractivity contribution in [2.45, 2.75) is 38.3 Å². The Morgan fingerprint density at radius 2 is 2.00 bits per heavy atom. The lowest BCUT2D eigenvalue weighted by atomic mass is 10.0. The number of hydrogen-bond donors (Lipinski definition) is 1. The number of hydrogen-bond acceptors (Lipinski definition) is 2. The summed E-state index contributed by atoms with van der Waals surface area (Å²) in [4.78, 5) is 0. The molecule has 1 aromatic rings. The Morgan fingerprint density at radius 3 is 2.76 bits per heavy atom. The molecule has 94 valence electrons. The van der Waals surface area contributed by atoms with Crippen molar-refractivity contribution in [3.05, 3.63) is 35.6 Å². The molecule has 0 radical (unpaired) electrons. The SMILES string of the molecule is C[C@H](NC1CCCOCC1)c1ccc(F)cc1. The van der Waals surface area contributed by atoms with Crippen molar-refractivity contribution in [3.63, 3.8) is 0 Å². The molecular weight excluding hydrogens is 217 g/mol. The molecule has 0 saturated carbocycles. The molecule has 2 atom stereocenters. The molecule has 2 nitrogen and oxygen atoms in total. The molecule has 1 aromatic carbocycles. The Kier molecular flexibility index (Phi) is 4.51. The molecule has 0 amide bonds. The van der Waals surface area contributed by atoms with Gasteiger partial charge in [0.2, 0.25) is 0 Å². The predicted molar refractivity (Wildman–Crippen MR) is 66.4 cm³/mol. The van der Waals surface area contributed by atoms with Crippen LogP contribution in [0.3, 0.4) is 0 Å². The van der Waals surface area contributed by atoms with Crippen LogP contribution in [0.5, 0.6) is 0 Å². The zero-order chi connectivity index (χ0) is 12.1. The quantitative estimate of drug-likeness (QED) is 0.872. The molecular formula is C14H20FNO. The Morgan fingerprint density at radius 1 is 1.24 bits per heavy atom. The van der Waals surface area contributed by atoms with Crippen LogP contribution in [0.25, 0.3) is 0 Å². The first kappa shape index (κ1) is 12.5. The van der Waals surface area contributed by atoms with Crippen molar-refractivity contribution in [2.75, 3.05) is 13.2 Å². The highest BCUT2D eigenvalue weighted by molar-refractivity contribution is 5.19. The number of halogens is 1. The minimum absolute atomic E-state index is 0.177. The van der Waals surface area contributed by atoms with Gasteiger partial charge in [-0.1, -0.05) is 12.1 Å². The van der Waals surface area contributed by atoms with Crippen LogP contribution >= 0.6 is 0 Å².